The van der Waals surface area contributed by atoms with E-state index in [2.05, 4.69) is 10.5 Å². The molecule has 23 heavy (non-hydrogen) atoms. The van der Waals surface area contributed by atoms with Gasteiger partial charge in [-0.2, -0.15) is 5.10 Å². The number of ether oxygens (including phenoxy) is 1. The second-order valence-corrected chi connectivity index (χ2v) is 7.26. The zero-order valence-electron chi connectivity index (χ0n) is 13.9. The van der Waals surface area contributed by atoms with Crippen LogP contribution in [0.3, 0.4) is 0 Å². The minimum atomic E-state index is -0.333. The number of nitrogens with one attached hydrogen (secondary N) is 1. The predicted molar refractivity (Wildman–Crippen MR) is 91.0 cm³/mol. The molecule has 6 heteroatoms. The zero-order chi connectivity index (χ0) is 17.2. The Labute approximate surface area is 141 Å². The molecule has 1 aliphatic heterocycles. The molecular weight excluding hydrogens is 316 g/mol. The monoisotopic (exact) mass is 338 g/mol. The Balaban J connectivity index is 2.25. The number of hydrazone groups is 1. The molecule has 0 aromatic heterocycles. The lowest BCUT2D eigenvalue weighted by Gasteiger charge is -2.24. The lowest BCUT2D eigenvalue weighted by molar-refractivity contribution is -0.121. The van der Waals surface area contributed by atoms with E-state index in [-0.39, 0.29) is 23.8 Å². The van der Waals surface area contributed by atoms with Crippen LogP contribution >= 0.6 is 11.6 Å². The summed E-state index contributed by atoms with van der Waals surface area (Å²) in [4.78, 5) is 11.4. The van der Waals surface area contributed by atoms with Gasteiger partial charge in [0.15, 0.2) is 0 Å². The minimum Gasteiger partial charge on any atom is -0.491 e. The number of aliphatic hydroxyl groups excluding tert-OH is 1. The summed E-state index contributed by atoms with van der Waals surface area (Å²) in [5.74, 6) is 0.583. The van der Waals surface area contributed by atoms with Crippen molar-refractivity contribution in [3.63, 3.8) is 0 Å². The first kappa shape index (κ1) is 17.8. The van der Waals surface area contributed by atoms with Crippen LogP contribution in [-0.4, -0.2) is 29.9 Å². The zero-order valence-corrected chi connectivity index (χ0v) is 14.7. The average Bonchev–Trinajstić information content (AvgIpc) is 2.46. The molecule has 0 aliphatic carbocycles. The molecule has 0 spiro atoms. The Bertz CT molecular complexity index is 618. The Morgan fingerprint density at radius 3 is 2.74 bits per heavy atom. The van der Waals surface area contributed by atoms with Crippen LogP contribution in [0.1, 0.15) is 38.3 Å². The van der Waals surface area contributed by atoms with Gasteiger partial charge in [0.25, 0.3) is 0 Å². The molecule has 5 nitrogen and oxygen atoms in total. The highest BCUT2D eigenvalue weighted by Gasteiger charge is 2.24. The predicted octanol–water partition coefficient (Wildman–Crippen LogP) is 2.91. The van der Waals surface area contributed by atoms with E-state index in [1.807, 2.05) is 39.8 Å². The van der Waals surface area contributed by atoms with Gasteiger partial charge in [-0.3, -0.25) is 4.79 Å². The average molecular weight is 339 g/mol. The smallest absolute Gasteiger partial charge is 0.240 e. The maximum atomic E-state index is 11.4. The van der Waals surface area contributed by atoms with Crippen LogP contribution in [0, 0.1) is 18.3 Å². The fourth-order valence-electron chi connectivity index (χ4n) is 2.38. The van der Waals surface area contributed by atoms with Gasteiger partial charge in [-0.25, -0.2) is 5.43 Å². The SMILES string of the molecule is Cc1cc(C2=NNC(=O)CC2C)cc(Cl)c1OCC(C)(C)CO. The van der Waals surface area contributed by atoms with Gasteiger partial charge in [-0.15, -0.1) is 0 Å². The number of aryl methyl sites for hydroxylation is 1. The van der Waals surface area contributed by atoms with Crippen molar-refractivity contribution in [2.75, 3.05) is 13.2 Å². The molecule has 0 radical (unpaired) electrons. The number of hydrogen-bond acceptors (Lipinski definition) is 4. The summed E-state index contributed by atoms with van der Waals surface area (Å²) in [5.41, 5.74) is 4.78. The van der Waals surface area contributed by atoms with Crippen molar-refractivity contribution in [2.24, 2.45) is 16.4 Å². The molecule has 1 heterocycles. The van der Waals surface area contributed by atoms with Crippen molar-refractivity contribution >= 4 is 23.2 Å². The third-order valence-corrected chi connectivity index (χ3v) is 4.10. The molecule has 0 saturated heterocycles. The van der Waals surface area contributed by atoms with Crippen LogP contribution in [0.15, 0.2) is 17.2 Å². The molecule has 1 aliphatic rings. The van der Waals surface area contributed by atoms with Gasteiger partial charge in [-0.1, -0.05) is 32.4 Å². The molecule has 1 aromatic rings. The Morgan fingerprint density at radius 2 is 2.17 bits per heavy atom. The number of benzene rings is 1. The molecule has 1 unspecified atom stereocenters. The number of aliphatic hydroxyl groups is 1. The lowest BCUT2D eigenvalue weighted by atomic mass is 9.93. The third kappa shape index (κ3) is 4.24. The molecule has 2 N–H and O–H groups in total. The summed E-state index contributed by atoms with van der Waals surface area (Å²) < 4.78 is 5.81. The van der Waals surface area contributed by atoms with Crippen LogP contribution in [0.4, 0.5) is 0 Å². The van der Waals surface area contributed by atoms with E-state index in [4.69, 9.17) is 16.3 Å². The normalized spacial score (nSPS) is 18.4. The Kier molecular flexibility index (Phi) is 5.32. The van der Waals surface area contributed by atoms with Gasteiger partial charge in [0.05, 0.1) is 23.9 Å². The van der Waals surface area contributed by atoms with E-state index in [1.54, 1.807) is 0 Å². The fraction of sp³-hybridized carbons (Fsp3) is 0.529. The number of amides is 1. The van der Waals surface area contributed by atoms with Crippen molar-refractivity contribution in [2.45, 2.75) is 34.1 Å². The molecule has 0 bridgehead atoms. The number of nitrogens with zero attached hydrogens (tertiary/aromatic N) is 1. The Hall–Kier alpha value is -1.59. The van der Waals surface area contributed by atoms with Crippen molar-refractivity contribution in [3.05, 3.63) is 28.3 Å². The minimum absolute atomic E-state index is 0.0375. The second-order valence-electron chi connectivity index (χ2n) is 6.85. The highest BCUT2D eigenvalue weighted by molar-refractivity contribution is 6.32. The van der Waals surface area contributed by atoms with Crippen molar-refractivity contribution in [3.8, 4) is 5.75 Å². The van der Waals surface area contributed by atoms with Gasteiger partial charge in [-0.05, 0) is 24.6 Å². The highest BCUT2D eigenvalue weighted by Crippen LogP contribution is 2.33. The van der Waals surface area contributed by atoms with Gasteiger partial charge in [0.1, 0.15) is 5.75 Å². The summed E-state index contributed by atoms with van der Waals surface area (Å²) in [6.07, 6.45) is 0.415. The van der Waals surface area contributed by atoms with E-state index in [9.17, 15) is 9.90 Å². The van der Waals surface area contributed by atoms with Crippen LogP contribution in [0.5, 0.6) is 5.75 Å². The number of halogens is 1. The maximum absolute atomic E-state index is 11.4. The van der Waals surface area contributed by atoms with Crippen LogP contribution in [0.25, 0.3) is 0 Å². The van der Waals surface area contributed by atoms with Gasteiger partial charge in [0.2, 0.25) is 5.91 Å². The first-order chi connectivity index (χ1) is 10.7. The topological polar surface area (TPSA) is 70.9 Å². The molecule has 0 fully saturated rings. The number of rotatable bonds is 5. The molecule has 2 rings (SSSR count). The largest absolute Gasteiger partial charge is 0.491 e. The Morgan fingerprint density at radius 1 is 1.48 bits per heavy atom. The third-order valence-electron chi connectivity index (χ3n) is 3.82. The molecule has 1 aromatic carbocycles. The molecule has 126 valence electrons. The van der Waals surface area contributed by atoms with Gasteiger partial charge in [0, 0.05) is 23.3 Å². The fourth-order valence-corrected chi connectivity index (χ4v) is 2.70. The molecule has 1 amide bonds. The van der Waals surface area contributed by atoms with Crippen LogP contribution in [0.2, 0.25) is 5.02 Å². The van der Waals surface area contributed by atoms with Crippen LogP contribution in [-0.2, 0) is 4.79 Å². The van der Waals surface area contributed by atoms with E-state index < -0.39 is 0 Å². The van der Waals surface area contributed by atoms with E-state index >= 15 is 0 Å². The summed E-state index contributed by atoms with van der Waals surface area (Å²) >= 11 is 6.37. The van der Waals surface area contributed by atoms with Crippen molar-refractivity contribution < 1.29 is 14.6 Å². The van der Waals surface area contributed by atoms with E-state index in [1.165, 1.54) is 0 Å². The van der Waals surface area contributed by atoms with Gasteiger partial charge >= 0.3 is 0 Å². The van der Waals surface area contributed by atoms with E-state index in [0.717, 1.165) is 16.8 Å². The number of hydrogen-bond donors (Lipinski definition) is 2. The first-order valence-corrected chi connectivity index (χ1v) is 8.02. The summed E-state index contributed by atoms with van der Waals surface area (Å²) in [5, 5.41) is 14.0. The summed E-state index contributed by atoms with van der Waals surface area (Å²) in [7, 11) is 0. The maximum Gasteiger partial charge on any atom is 0.240 e. The van der Waals surface area contributed by atoms with Gasteiger partial charge < -0.3 is 9.84 Å². The molecule has 1 atom stereocenters. The summed E-state index contributed by atoms with van der Waals surface area (Å²) in [6, 6.07) is 3.77. The van der Waals surface area contributed by atoms with Crippen molar-refractivity contribution in [1.29, 1.82) is 0 Å². The quantitative estimate of drug-likeness (QED) is 0.867. The molecule has 0 saturated carbocycles. The van der Waals surface area contributed by atoms with Crippen molar-refractivity contribution in [1.82, 2.24) is 5.43 Å². The highest BCUT2D eigenvalue weighted by atomic mass is 35.5. The number of carbonyl (C=O) groups excluding carboxylic acids is 1. The second kappa shape index (κ2) is 6.89. The molecular formula is C17H23ClN2O3. The van der Waals surface area contributed by atoms with Crippen LogP contribution < -0.4 is 10.2 Å². The standard InChI is InChI=1S/C17H23ClN2O3/c1-10-6-14(22)19-20-15(10)12-5-11(2)16(13(18)7-12)23-9-17(3,4)8-21/h5,7,10,21H,6,8-9H2,1-4H3,(H,19,22). The lowest BCUT2D eigenvalue weighted by Crippen LogP contribution is -2.32. The first-order valence-electron chi connectivity index (χ1n) is 7.64. The van der Waals surface area contributed by atoms with E-state index in [0.29, 0.717) is 23.8 Å². The number of carbonyl (C=O) groups is 1. The summed E-state index contributed by atoms with van der Waals surface area (Å²) in [6.45, 7) is 8.14.